The number of imidazole rings is 1. The number of aryl methyl sites for hydroxylation is 1. The van der Waals surface area contributed by atoms with Crippen LogP contribution in [0.25, 0.3) is 0 Å². The van der Waals surface area contributed by atoms with Gasteiger partial charge in [-0.15, -0.1) is 0 Å². The van der Waals surface area contributed by atoms with Crippen LogP contribution in [0.5, 0.6) is 0 Å². The van der Waals surface area contributed by atoms with Crippen molar-refractivity contribution in [1.29, 1.82) is 0 Å². The summed E-state index contributed by atoms with van der Waals surface area (Å²) >= 11 is 0. The lowest BCUT2D eigenvalue weighted by Crippen LogP contribution is -2.34. The van der Waals surface area contributed by atoms with Gasteiger partial charge in [0.05, 0.1) is 24.8 Å². The molecule has 0 spiro atoms. The number of ether oxygens (including phenoxy) is 1. The maximum absolute atomic E-state index is 11.7. The van der Waals surface area contributed by atoms with Crippen molar-refractivity contribution < 1.29 is 9.53 Å². The number of nitrogens with zero attached hydrogens (tertiary/aromatic N) is 2. The number of hydrogen-bond donors (Lipinski definition) is 2. The predicted molar refractivity (Wildman–Crippen MR) is 76.3 cm³/mol. The molecule has 0 saturated carbocycles. The Morgan fingerprint density at radius 2 is 2.50 bits per heavy atom. The van der Waals surface area contributed by atoms with Gasteiger partial charge in [0, 0.05) is 32.6 Å². The molecule has 0 bridgehead atoms. The molecule has 1 aromatic heterocycles. The van der Waals surface area contributed by atoms with E-state index in [1.165, 1.54) is 0 Å². The largest absolute Gasteiger partial charge is 0.369 e. The fraction of sp³-hybridized carbons (Fsp3) is 0.714. The normalized spacial score (nSPS) is 19.2. The zero-order valence-electron chi connectivity index (χ0n) is 12.3. The summed E-state index contributed by atoms with van der Waals surface area (Å²) in [7, 11) is 0. The summed E-state index contributed by atoms with van der Waals surface area (Å²) in [6, 6.07) is 0. The van der Waals surface area contributed by atoms with Gasteiger partial charge in [0.2, 0.25) is 5.91 Å². The van der Waals surface area contributed by atoms with E-state index in [-0.39, 0.29) is 12.0 Å². The molecule has 112 valence electrons. The lowest BCUT2D eigenvalue weighted by molar-refractivity contribution is -0.121. The Bertz CT molecular complexity index is 425. The Balaban J connectivity index is 1.84. The number of carbonyl (C=O) groups excluding carboxylic acids is 1. The molecule has 6 heteroatoms. The molecule has 1 atom stereocenters. The first-order valence-corrected chi connectivity index (χ1v) is 7.26. The summed E-state index contributed by atoms with van der Waals surface area (Å²) < 4.78 is 7.73. The minimum absolute atomic E-state index is 0.0324. The second kappa shape index (κ2) is 7.40. The van der Waals surface area contributed by atoms with Crippen molar-refractivity contribution in [3.8, 4) is 0 Å². The fourth-order valence-corrected chi connectivity index (χ4v) is 2.17. The van der Waals surface area contributed by atoms with Gasteiger partial charge < -0.3 is 19.9 Å². The Hall–Kier alpha value is -1.40. The third-order valence-corrected chi connectivity index (χ3v) is 3.29. The van der Waals surface area contributed by atoms with E-state index < -0.39 is 0 Å². The molecule has 6 nitrogen and oxygen atoms in total. The fourth-order valence-electron chi connectivity index (χ4n) is 2.17. The molecule has 20 heavy (non-hydrogen) atoms. The van der Waals surface area contributed by atoms with Crippen LogP contribution < -0.4 is 10.6 Å². The summed E-state index contributed by atoms with van der Waals surface area (Å²) in [5.41, 5.74) is 1.04. The zero-order chi connectivity index (χ0) is 14.4. The van der Waals surface area contributed by atoms with Gasteiger partial charge in [0.15, 0.2) is 0 Å². The SMILES string of the molecule is CC(C)CNC(=O)CCn1cncc1C1CNCCO1. The molecule has 1 amide bonds. The number of rotatable bonds is 6. The van der Waals surface area contributed by atoms with Crippen molar-refractivity contribution >= 4 is 5.91 Å². The number of amides is 1. The smallest absolute Gasteiger partial charge is 0.221 e. The third-order valence-electron chi connectivity index (χ3n) is 3.29. The summed E-state index contributed by atoms with van der Waals surface area (Å²) in [6.07, 6.45) is 4.09. The van der Waals surface area contributed by atoms with Gasteiger partial charge in [0.1, 0.15) is 6.10 Å². The van der Waals surface area contributed by atoms with E-state index in [0.717, 1.165) is 25.3 Å². The molecule has 0 aliphatic carbocycles. The first kappa shape index (κ1) is 15.0. The minimum atomic E-state index is 0.0324. The average molecular weight is 280 g/mol. The highest BCUT2D eigenvalue weighted by molar-refractivity contribution is 5.75. The van der Waals surface area contributed by atoms with Crippen LogP contribution in [0.2, 0.25) is 0 Å². The topological polar surface area (TPSA) is 68.2 Å². The molecule has 1 aliphatic rings. The molecule has 0 radical (unpaired) electrons. The van der Waals surface area contributed by atoms with Crippen LogP contribution in [0.3, 0.4) is 0 Å². The van der Waals surface area contributed by atoms with Crippen molar-refractivity contribution in [3.63, 3.8) is 0 Å². The lowest BCUT2D eigenvalue weighted by atomic mass is 10.2. The Labute approximate surface area is 119 Å². The highest BCUT2D eigenvalue weighted by Crippen LogP contribution is 2.18. The monoisotopic (exact) mass is 280 g/mol. The summed E-state index contributed by atoms with van der Waals surface area (Å²) in [5, 5.41) is 6.23. The van der Waals surface area contributed by atoms with Gasteiger partial charge in [-0.1, -0.05) is 13.8 Å². The van der Waals surface area contributed by atoms with E-state index in [4.69, 9.17) is 4.74 Å². The zero-order valence-corrected chi connectivity index (χ0v) is 12.3. The van der Waals surface area contributed by atoms with Gasteiger partial charge in [-0.05, 0) is 5.92 Å². The molecular weight excluding hydrogens is 256 g/mol. The standard InChI is InChI=1S/C14H24N4O2/c1-11(2)7-17-14(19)3-5-18-10-16-8-12(18)13-9-15-4-6-20-13/h8,10-11,13,15H,3-7,9H2,1-2H3,(H,17,19). The van der Waals surface area contributed by atoms with Gasteiger partial charge >= 0.3 is 0 Å². The summed E-state index contributed by atoms with van der Waals surface area (Å²) in [5.74, 6) is 0.561. The van der Waals surface area contributed by atoms with E-state index in [9.17, 15) is 4.79 Å². The Kier molecular flexibility index (Phi) is 5.55. The summed E-state index contributed by atoms with van der Waals surface area (Å²) in [6.45, 7) is 7.94. The van der Waals surface area contributed by atoms with Gasteiger partial charge in [-0.3, -0.25) is 4.79 Å². The third kappa shape index (κ3) is 4.31. The maximum Gasteiger partial charge on any atom is 0.221 e. The van der Waals surface area contributed by atoms with Crippen molar-refractivity contribution in [2.45, 2.75) is 32.9 Å². The molecule has 2 rings (SSSR count). The number of nitrogens with one attached hydrogen (secondary N) is 2. The molecule has 1 aliphatic heterocycles. The highest BCUT2D eigenvalue weighted by Gasteiger charge is 2.19. The average Bonchev–Trinajstić information content (AvgIpc) is 2.92. The first-order valence-electron chi connectivity index (χ1n) is 7.26. The Morgan fingerprint density at radius 1 is 1.65 bits per heavy atom. The van der Waals surface area contributed by atoms with Crippen LogP contribution in [-0.4, -0.2) is 41.7 Å². The molecule has 1 unspecified atom stereocenters. The van der Waals surface area contributed by atoms with Crippen LogP contribution in [0.15, 0.2) is 12.5 Å². The molecule has 2 N–H and O–H groups in total. The van der Waals surface area contributed by atoms with E-state index in [1.807, 2.05) is 10.8 Å². The Morgan fingerprint density at radius 3 is 3.20 bits per heavy atom. The predicted octanol–water partition coefficient (Wildman–Crippen LogP) is 0.706. The van der Waals surface area contributed by atoms with Crippen molar-refractivity contribution in [2.75, 3.05) is 26.2 Å². The second-order valence-electron chi connectivity index (χ2n) is 5.52. The number of carbonyl (C=O) groups is 1. The van der Waals surface area contributed by atoms with Crippen LogP contribution >= 0.6 is 0 Å². The van der Waals surface area contributed by atoms with Crippen molar-refractivity contribution in [1.82, 2.24) is 20.2 Å². The molecule has 1 aromatic rings. The maximum atomic E-state index is 11.7. The molecular formula is C14H24N4O2. The van der Waals surface area contributed by atoms with Gasteiger partial charge in [-0.25, -0.2) is 4.98 Å². The van der Waals surface area contributed by atoms with Gasteiger partial charge in [0.25, 0.3) is 0 Å². The minimum Gasteiger partial charge on any atom is -0.369 e. The second-order valence-corrected chi connectivity index (χ2v) is 5.52. The quantitative estimate of drug-likeness (QED) is 0.805. The van der Waals surface area contributed by atoms with E-state index in [2.05, 4.69) is 29.5 Å². The molecule has 0 aromatic carbocycles. The molecule has 1 fully saturated rings. The molecule has 1 saturated heterocycles. The highest BCUT2D eigenvalue weighted by atomic mass is 16.5. The first-order chi connectivity index (χ1) is 9.66. The molecule has 2 heterocycles. The van der Waals surface area contributed by atoms with Crippen molar-refractivity contribution in [3.05, 3.63) is 18.2 Å². The number of morpholine rings is 1. The van der Waals surface area contributed by atoms with E-state index in [0.29, 0.717) is 25.5 Å². The van der Waals surface area contributed by atoms with Crippen LogP contribution in [0, 0.1) is 5.92 Å². The van der Waals surface area contributed by atoms with Crippen LogP contribution in [0.4, 0.5) is 0 Å². The summed E-state index contributed by atoms with van der Waals surface area (Å²) in [4.78, 5) is 15.9. The number of hydrogen-bond acceptors (Lipinski definition) is 4. The lowest BCUT2D eigenvalue weighted by Gasteiger charge is -2.24. The van der Waals surface area contributed by atoms with Gasteiger partial charge in [-0.2, -0.15) is 0 Å². The van der Waals surface area contributed by atoms with Crippen LogP contribution in [0.1, 0.15) is 32.1 Å². The van der Waals surface area contributed by atoms with Crippen molar-refractivity contribution in [2.24, 2.45) is 5.92 Å². The van der Waals surface area contributed by atoms with Crippen LogP contribution in [-0.2, 0) is 16.1 Å². The number of aromatic nitrogens is 2. The van der Waals surface area contributed by atoms with E-state index in [1.54, 1.807) is 6.33 Å². The van der Waals surface area contributed by atoms with E-state index >= 15 is 0 Å².